The van der Waals surface area contributed by atoms with Crippen molar-refractivity contribution in [3.63, 3.8) is 0 Å². The Balaban J connectivity index is 1.99. The van der Waals surface area contributed by atoms with E-state index in [9.17, 15) is 4.79 Å². The average molecular weight is 301 g/mol. The van der Waals surface area contributed by atoms with E-state index < -0.39 is 5.25 Å². The number of nitrogens with two attached hydrogens (primary N) is 1. The molecule has 1 atom stereocenters. The Morgan fingerprint density at radius 1 is 1.20 bits per heavy atom. The smallest absolute Gasteiger partial charge is 0.235 e. The molecule has 0 aliphatic carbocycles. The second kappa shape index (κ2) is 5.60. The maximum Gasteiger partial charge on any atom is 0.235 e. The Labute approximate surface area is 124 Å². The normalized spacial score (nSPS) is 12.4. The molecule has 0 radical (unpaired) electrons. The lowest BCUT2D eigenvalue weighted by atomic mass is 10.1. The van der Waals surface area contributed by atoms with Gasteiger partial charge in [-0.25, -0.2) is 9.97 Å². The Hall–Kier alpha value is -1.92. The molecule has 20 heavy (non-hydrogen) atoms. The van der Waals surface area contributed by atoms with E-state index in [1.165, 1.54) is 18.1 Å². The fourth-order valence-electron chi connectivity index (χ4n) is 1.89. The number of carbonyl (C=O) groups is 1. The molecule has 2 heterocycles. The Bertz CT molecular complexity index is 742. The highest BCUT2D eigenvalue weighted by molar-refractivity contribution is 8.00. The summed E-state index contributed by atoms with van der Waals surface area (Å²) < 4.78 is 0. The maximum atomic E-state index is 11.7. The zero-order valence-electron chi connectivity index (χ0n) is 10.4. The number of amides is 1. The van der Waals surface area contributed by atoms with Crippen LogP contribution in [-0.4, -0.2) is 15.9 Å². The Kier molecular flexibility index (Phi) is 3.66. The Morgan fingerprint density at radius 2 is 2.00 bits per heavy atom. The SMILES string of the molecule is NC(=O)[C@H](Sc1ncnc2sccc12)c1ccccc1. The summed E-state index contributed by atoms with van der Waals surface area (Å²) in [6, 6.07) is 11.5. The van der Waals surface area contributed by atoms with Crippen LogP contribution < -0.4 is 5.73 Å². The van der Waals surface area contributed by atoms with Crippen LogP contribution in [0.15, 0.2) is 53.1 Å². The van der Waals surface area contributed by atoms with Crippen LogP contribution in [-0.2, 0) is 4.79 Å². The minimum atomic E-state index is -0.450. The van der Waals surface area contributed by atoms with E-state index in [0.717, 1.165) is 20.8 Å². The lowest BCUT2D eigenvalue weighted by Gasteiger charge is -2.13. The number of nitrogens with zero attached hydrogens (tertiary/aromatic N) is 2. The van der Waals surface area contributed by atoms with Crippen LogP contribution in [0.25, 0.3) is 10.2 Å². The van der Waals surface area contributed by atoms with Crippen molar-refractivity contribution in [2.45, 2.75) is 10.3 Å². The average Bonchev–Trinajstić information content (AvgIpc) is 2.94. The second-order valence-corrected chi connectivity index (χ2v) is 6.12. The third-order valence-corrected chi connectivity index (χ3v) is 4.92. The van der Waals surface area contributed by atoms with Crippen molar-refractivity contribution >= 4 is 39.2 Å². The maximum absolute atomic E-state index is 11.7. The van der Waals surface area contributed by atoms with Crippen molar-refractivity contribution in [3.05, 3.63) is 53.7 Å². The summed E-state index contributed by atoms with van der Waals surface area (Å²) in [4.78, 5) is 21.1. The molecule has 0 unspecified atom stereocenters. The summed E-state index contributed by atoms with van der Waals surface area (Å²) in [6.07, 6.45) is 1.52. The molecule has 0 saturated carbocycles. The number of fused-ring (bicyclic) bond motifs is 1. The number of thioether (sulfide) groups is 1. The second-order valence-electron chi connectivity index (χ2n) is 4.13. The zero-order chi connectivity index (χ0) is 13.9. The molecule has 1 amide bonds. The summed E-state index contributed by atoms with van der Waals surface area (Å²) >= 11 is 2.92. The molecular weight excluding hydrogens is 290 g/mol. The molecule has 0 spiro atoms. The van der Waals surface area contributed by atoms with Crippen LogP contribution in [0.1, 0.15) is 10.8 Å². The fraction of sp³-hybridized carbons (Fsp3) is 0.0714. The number of rotatable bonds is 4. The van der Waals surface area contributed by atoms with Gasteiger partial charge in [0.1, 0.15) is 21.4 Å². The lowest BCUT2D eigenvalue weighted by Crippen LogP contribution is -2.19. The zero-order valence-corrected chi connectivity index (χ0v) is 12.0. The monoisotopic (exact) mass is 301 g/mol. The van der Waals surface area contributed by atoms with E-state index in [2.05, 4.69) is 9.97 Å². The first-order valence-corrected chi connectivity index (χ1v) is 7.71. The molecule has 1 aromatic carbocycles. The summed E-state index contributed by atoms with van der Waals surface area (Å²) in [5.41, 5.74) is 6.42. The Morgan fingerprint density at radius 3 is 2.75 bits per heavy atom. The van der Waals surface area contributed by atoms with E-state index >= 15 is 0 Å². The van der Waals surface area contributed by atoms with Gasteiger partial charge in [-0.3, -0.25) is 4.79 Å². The van der Waals surface area contributed by atoms with Crippen molar-refractivity contribution in [2.75, 3.05) is 0 Å². The molecule has 2 N–H and O–H groups in total. The van der Waals surface area contributed by atoms with Crippen LogP contribution in [0.2, 0.25) is 0 Å². The topological polar surface area (TPSA) is 68.9 Å². The fourth-order valence-corrected chi connectivity index (χ4v) is 3.72. The number of carbonyl (C=O) groups excluding carboxylic acids is 1. The van der Waals surface area contributed by atoms with Gasteiger partial charge < -0.3 is 5.73 Å². The van der Waals surface area contributed by atoms with Crippen LogP contribution in [0.5, 0.6) is 0 Å². The third-order valence-electron chi connectivity index (χ3n) is 2.82. The third kappa shape index (κ3) is 2.52. The van der Waals surface area contributed by atoms with Gasteiger partial charge in [0.25, 0.3) is 0 Å². The van der Waals surface area contributed by atoms with Gasteiger partial charge in [0.05, 0.1) is 0 Å². The first kappa shape index (κ1) is 13.1. The number of thiophene rings is 1. The van der Waals surface area contributed by atoms with Gasteiger partial charge in [0.15, 0.2) is 0 Å². The predicted octanol–water partition coefficient (Wildman–Crippen LogP) is 3.01. The van der Waals surface area contributed by atoms with E-state index in [1.54, 1.807) is 11.3 Å². The highest BCUT2D eigenvalue weighted by atomic mass is 32.2. The molecular formula is C14H11N3OS2. The van der Waals surface area contributed by atoms with Gasteiger partial charge in [-0.15, -0.1) is 11.3 Å². The molecule has 0 fully saturated rings. The van der Waals surface area contributed by atoms with Gasteiger partial charge >= 0.3 is 0 Å². The summed E-state index contributed by atoms with van der Waals surface area (Å²) in [5, 5.41) is 3.26. The van der Waals surface area contributed by atoms with Gasteiger partial charge in [0, 0.05) is 5.39 Å². The minimum Gasteiger partial charge on any atom is -0.368 e. The van der Waals surface area contributed by atoms with Crippen LogP contribution >= 0.6 is 23.1 Å². The van der Waals surface area contributed by atoms with Crippen molar-refractivity contribution in [1.29, 1.82) is 0 Å². The number of hydrogen-bond acceptors (Lipinski definition) is 5. The van der Waals surface area contributed by atoms with Crippen molar-refractivity contribution in [3.8, 4) is 0 Å². The summed E-state index contributed by atoms with van der Waals surface area (Å²) in [7, 11) is 0. The molecule has 100 valence electrons. The number of hydrogen-bond donors (Lipinski definition) is 1. The highest BCUT2D eigenvalue weighted by Crippen LogP contribution is 2.37. The molecule has 0 saturated heterocycles. The van der Waals surface area contributed by atoms with Crippen molar-refractivity contribution in [1.82, 2.24) is 9.97 Å². The molecule has 4 nitrogen and oxygen atoms in total. The molecule has 6 heteroatoms. The first-order chi connectivity index (χ1) is 9.75. The lowest BCUT2D eigenvalue weighted by molar-refractivity contribution is -0.117. The minimum absolute atomic E-state index is 0.372. The van der Waals surface area contributed by atoms with Gasteiger partial charge in [-0.1, -0.05) is 42.1 Å². The van der Waals surface area contributed by atoms with E-state index in [-0.39, 0.29) is 5.91 Å². The number of aromatic nitrogens is 2. The number of benzene rings is 1. The highest BCUT2D eigenvalue weighted by Gasteiger charge is 2.21. The van der Waals surface area contributed by atoms with Crippen LogP contribution in [0.3, 0.4) is 0 Å². The number of primary amides is 1. The van der Waals surface area contributed by atoms with Crippen LogP contribution in [0, 0.1) is 0 Å². The van der Waals surface area contributed by atoms with Gasteiger partial charge in [-0.2, -0.15) is 0 Å². The summed E-state index contributed by atoms with van der Waals surface area (Å²) in [5.74, 6) is -0.372. The molecule has 3 aromatic rings. The first-order valence-electron chi connectivity index (χ1n) is 5.95. The van der Waals surface area contributed by atoms with Gasteiger partial charge in [0.2, 0.25) is 5.91 Å². The molecule has 0 bridgehead atoms. The standard InChI is InChI=1S/C14H11N3OS2/c15-12(18)11(9-4-2-1-3-5-9)20-14-10-6-7-19-13(10)16-8-17-14/h1-8,11H,(H2,15,18)/t11-/m1/s1. The molecule has 0 aliphatic heterocycles. The van der Waals surface area contributed by atoms with Gasteiger partial charge in [-0.05, 0) is 17.0 Å². The largest absolute Gasteiger partial charge is 0.368 e. The summed E-state index contributed by atoms with van der Waals surface area (Å²) in [6.45, 7) is 0. The van der Waals surface area contributed by atoms with Crippen molar-refractivity contribution in [2.24, 2.45) is 5.73 Å². The quantitative estimate of drug-likeness (QED) is 0.594. The van der Waals surface area contributed by atoms with E-state index in [0.29, 0.717) is 0 Å². The van der Waals surface area contributed by atoms with Crippen LogP contribution in [0.4, 0.5) is 0 Å². The molecule has 3 rings (SSSR count). The van der Waals surface area contributed by atoms with Crippen molar-refractivity contribution < 1.29 is 4.79 Å². The molecule has 2 aromatic heterocycles. The predicted molar refractivity (Wildman–Crippen MR) is 81.6 cm³/mol. The van der Waals surface area contributed by atoms with E-state index in [4.69, 9.17) is 5.73 Å². The van der Waals surface area contributed by atoms with E-state index in [1.807, 2.05) is 41.8 Å². The molecule has 0 aliphatic rings.